The first-order valence-electron chi connectivity index (χ1n) is 16.2. The third kappa shape index (κ3) is 5.76. The highest BCUT2D eigenvalue weighted by Crippen LogP contribution is 2.62. The Balaban J connectivity index is 1.82. The summed E-state index contributed by atoms with van der Waals surface area (Å²) in [6, 6.07) is 3.11. The summed E-state index contributed by atoms with van der Waals surface area (Å²) < 4.78 is 46.4. The first-order valence-corrected chi connectivity index (χ1v) is 23.8. The van der Waals surface area contributed by atoms with Crippen molar-refractivity contribution in [1.29, 1.82) is 0 Å². The summed E-state index contributed by atoms with van der Waals surface area (Å²) in [5, 5.41) is 0.321. The summed E-state index contributed by atoms with van der Waals surface area (Å²) in [5.74, 6) is -0.763. The van der Waals surface area contributed by atoms with Gasteiger partial charge in [0.25, 0.3) is 0 Å². The number of pyridine rings is 1. The topological polar surface area (TPSA) is 31.4 Å². The number of hydrogen-bond donors (Lipinski definition) is 0. The van der Waals surface area contributed by atoms with Crippen molar-refractivity contribution in [2.75, 3.05) is 0 Å². The third-order valence-electron chi connectivity index (χ3n) is 10.5. The molecule has 3 nitrogen and oxygen atoms in total. The first kappa shape index (κ1) is 33.7. The Bertz CT molecular complexity index is 1410. The lowest BCUT2D eigenvalue weighted by atomic mass is 9.70. The standard InChI is InChI=1S/C35H52F2INO2Si2/c1-20(2)30-28-29(27-24(39-30)18-34(6,7)19-25(27)41-43(11,12)33(3,4)5)35(15-13-14-26(35)38)40-31(28)21-16-22(36)32(23(37)17-21)42(8,9)10/h16-17,20,25-26,31H,13-15,18-19H2,1-12H3/t25?,26?,31-,35?/m1/s1. The maximum atomic E-state index is 15.8. The van der Waals surface area contributed by atoms with Gasteiger partial charge < -0.3 is 9.16 Å². The van der Waals surface area contributed by atoms with Crippen molar-refractivity contribution in [1.82, 2.24) is 4.98 Å². The number of alkyl halides is 1. The zero-order chi connectivity index (χ0) is 32.1. The fraction of sp³-hybridized carbons (Fsp3) is 0.686. The van der Waals surface area contributed by atoms with Crippen molar-refractivity contribution in [2.45, 2.75) is 146 Å². The normalized spacial score (nSPS) is 27.2. The average molecular weight is 740 g/mol. The van der Waals surface area contributed by atoms with Crippen LogP contribution in [-0.4, -0.2) is 25.3 Å². The van der Waals surface area contributed by atoms with Gasteiger partial charge in [-0.05, 0) is 79.3 Å². The molecule has 43 heavy (non-hydrogen) atoms. The molecule has 0 N–H and O–H groups in total. The Hall–Kier alpha value is -0.686. The van der Waals surface area contributed by atoms with E-state index < -0.39 is 39.7 Å². The van der Waals surface area contributed by atoms with Gasteiger partial charge in [-0.15, -0.1) is 0 Å². The van der Waals surface area contributed by atoms with Gasteiger partial charge in [0, 0.05) is 37.2 Å². The minimum absolute atomic E-state index is 0.0415. The van der Waals surface area contributed by atoms with E-state index in [1.54, 1.807) is 12.1 Å². The maximum absolute atomic E-state index is 15.8. The van der Waals surface area contributed by atoms with E-state index in [4.69, 9.17) is 14.1 Å². The molecule has 3 aliphatic rings. The number of aromatic nitrogens is 1. The van der Waals surface area contributed by atoms with Crippen molar-refractivity contribution in [3.05, 3.63) is 57.4 Å². The highest BCUT2D eigenvalue weighted by molar-refractivity contribution is 14.1. The fourth-order valence-electron chi connectivity index (χ4n) is 7.46. The zero-order valence-corrected chi connectivity index (χ0v) is 32.6. The minimum Gasteiger partial charge on any atom is -0.410 e. The molecule has 3 unspecified atom stereocenters. The largest absolute Gasteiger partial charge is 0.410 e. The second-order valence-corrected chi connectivity index (χ2v) is 28.3. The van der Waals surface area contributed by atoms with E-state index in [-0.39, 0.29) is 31.6 Å². The molecule has 5 rings (SSSR count). The van der Waals surface area contributed by atoms with Crippen LogP contribution in [0.25, 0.3) is 0 Å². The lowest BCUT2D eigenvalue weighted by Crippen LogP contribution is -2.44. The smallest absolute Gasteiger partial charge is 0.192 e. The van der Waals surface area contributed by atoms with Crippen LogP contribution in [0.15, 0.2) is 12.1 Å². The molecular formula is C35H52F2INO2Si2. The molecule has 8 heteroatoms. The molecule has 0 bridgehead atoms. The van der Waals surface area contributed by atoms with Gasteiger partial charge in [0.15, 0.2) is 8.32 Å². The second-order valence-electron chi connectivity index (χ2n) is 17.1. The molecule has 1 aromatic carbocycles. The van der Waals surface area contributed by atoms with Gasteiger partial charge in [-0.25, -0.2) is 8.78 Å². The number of benzene rings is 1. The molecule has 2 heterocycles. The van der Waals surface area contributed by atoms with Crippen molar-refractivity contribution < 1.29 is 17.9 Å². The Kier molecular flexibility index (Phi) is 8.57. The molecule has 2 aromatic rings. The van der Waals surface area contributed by atoms with E-state index in [1.165, 1.54) is 11.1 Å². The van der Waals surface area contributed by atoms with Crippen LogP contribution in [0.1, 0.15) is 126 Å². The average Bonchev–Trinajstić information content (AvgIpc) is 3.36. The molecule has 2 aliphatic carbocycles. The van der Waals surface area contributed by atoms with Crippen LogP contribution in [0.5, 0.6) is 0 Å². The van der Waals surface area contributed by atoms with Gasteiger partial charge in [0.2, 0.25) is 0 Å². The van der Waals surface area contributed by atoms with Crippen LogP contribution in [0.3, 0.4) is 0 Å². The Morgan fingerprint density at radius 1 is 1.05 bits per heavy atom. The summed E-state index contributed by atoms with van der Waals surface area (Å²) in [5.41, 5.74) is 5.70. The molecule has 1 aliphatic heterocycles. The van der Waals surface area contributed by atoms with Crippen molar-refractivity contribution in [2.24, 2.45) is 5.41 Å². The minimum atomic E-state index is -2.23. The predicted molar refractivity (Wildman–Crippen MR) is 187 cm³/mol. The van der Waals surface area contributed by atoms with Crippen molar-refractivity contribution >= 4 is 44.2 Å². The Morgan fingerprint density at radius 3 is 2.14 bits per heavy atom. The highest BCUT2D eigenvalue weighted by Gasteiger charge is 2.57. The number of nitrogens with zero attached hydrogens (tertiary/aromatic N) is 1. The van der Waals surface area contributed by atoms with Crippen LogP contribution in [0.2, 0.25) is 37.8 Å². The molecule has 0 amide bonds. The van der Waals surface area contributed by atoms with E-state index in [1.807, 2.05) is 19.6 Å². The number of halogens is 3. The van der Waals surface area contributed by atoms with Gasteiger partial charge in [-0.3, -0.25) is 4.98 Å². The summed E-state index contributed by atoms with van der Waals surface area (Å²) in [6.07, 6.45) is 4.15. The second kappa shape index (κ2) is 10.9. The summed E-state index contributed by atoms with van der Waals surface area (Å²) in [6.45, 7) is 26.5. The molecule has 1 fully saturated rings. The number of fused-ring (bicyclic) bond motifs is 4. The fourth-order valence-corrected chi connectivity index (χ4v) is 11.5. The van der Waals surface area contributed by atoms with Crippen LogP contribution >= 0.6 is 22.6 Å². The summed E-state index contributed by atoms with van der Waals surface area (Å²) in [4.78, 5) is 5.45. The van der Waals surface area contributed by atoms with Gasteiger partial charge in [-0.1, -0.05) is 90.7 Å². The molecule has 0 saturated heterocycles. The molecule has 238 valence electrons. The number of ether oxygens (including phenoxy) is 1. The van der Waals surface area contributed by atoms with Crippen molar-refractivity contribution in [3.63, 3.8) is 0 Å². The number of rotatable bonds is 5. The SMILES string of the molecule is CC(C)c1nc2c(c3c1[C@@H](c1cc(F)c([Si](C)(C)C)c(F)c1)OC31CCCC1I)C(O[Si](C)(C)C(C)(C)C)CC(C)(C)C2. The maximum Gasteiger partial charge on any atom is 0.192 e. The lowest BCUT2D eigenvalue weighted by Gasteiger charge is -2.45. The van der Waals surface area contributed by atoms with Gasteiger partial charge in [0.05, 0.1) is 14.2 Å². The quantitative estimate of drug-likeness (QED) is 0.174. The van der Waals surface area contributed by atoms with E-state index >= 15 is 8.78 Å². The predicted octanol–water partition coefficient (Wildman–Crippen LogP) is 10.4. The lowest BCUT2D eigenvalue weighted by molar-refractivity contribution is -0.0516. The van der Waals surface area contributed by atoms with E-state index in [0.717, 1.165) is 49.1 Å². The molecule has 1 spiro atoms. The highest BCUT2D eigenvalue weighted by atomic mass is 127. The molecule has 1 aromatic heterocycles. The first-order chi connectivity index (χ1) is 19.6. The van der Waals surface area contributed by atoms with Crippen LogP contribution in [-0.2, 0) is 21.2 Å². The summed E-state index contributed by atoms with van der Waals surface area (Å²) in [7, 11) is -4.37. The van der Waals surface area contributed by atoms with E-state index in [2.05, 4.69) is 84.2 Å². The monoisotopic (exact) mass is 739 g/mol. The Labute approximate surface area is 274 Å². The zero-order valence-electron chi connectivity index (χ0n) is 28.4. The molecule has 4 atom stereocenters. The van der Waals surface area contributed by atoms with Crippen LogP contribution in [0.4, 0.5) is 8.78 Å². The van der Waals surface area contributed by atoms with Crippen LogP contribution < -0.4 is 5.19 Å². The molecule has 0 radical (unpaired) electrons. The summed E-state index contributed by atoms with van der Waals surface area (Å²) >= 11 is 2.58. The van der Waals surface area contributed by atoms with Crippen molar-refractivity contribution in [3.8, 4) is 0 Å². The number of hydrogen-bond acceptors (Lipinski definition) is 3. The van der Waals surface area contributed by atoms with Gasteiger partial charge in [0.1, 0.15) is 23.3 Å². The van der Waals surface area contributed by atoms with Crippen LogP contribution in [0, 0.1) is 17.0 Å². The van der Waals surface area contributed by atoms with E-state index in [0.29, 0.717) is 5.56 Å². The van der Waals surface area contributed by atoms with Gasteiger partial charge in [-0.2, -0.15) is 0 Å². The Morgan fingerprint density at radius 2 is 1.65 bits per heavy atom. The molecule has 1 saturated carbocycles. The molecular weight excluding hydrogens is 687 g/mol. The van der Waals surface area contributed by atoms with E-state index in [9.17, 15) is 0 Å². The third-order valence-corrected chi connectivity index (χ3v) is 18.6. The van der Waals surface area contributed by atoms with Gasteiger partial charge >= 0.3 is 0 Å².